The van der Waals surface area contributed by atoms with Gasteiger partial charge >= 0.3 is 0 Å². The lowest BCUT2D eigenvalue weighted by molar-refractivity contribution is 0.0261. The molecule has 2 fully saturated rings. The van der Waals surface area contributed by atoms with Crippen LogP contribution < -0.4 is 20.5 Å². The summed E-state index contributed by atoms with van der Waals surface area (Å²) in [4.78, 5) is 16.5. The molecule has 2 aliphatic carbocycles. The number of nitrogens with one attached hydrogen (secondary N) is 1. The third-order valence-corrected chi connectivity index (χ3v) is 10.3. The molecule has 1 spiro atoms. The first kappa shape index (κ1) is 28.3. The summed E-state index contributed by atoms with van der Waals surface area (Å²) in [7, 11) is 3.95. The minimum absolute atomic E-state index is 0.00455. The second-order valence-corrected chi connectivity index (χ2v) is 13.4. The molecule has 7 rings (SSSR count). The van der Waals surface area contributed by atoms with Gasteiger partial charge in [0, 0.05) is 42.7 Å². The van der Waals surface area contributed by atoms with E-state index in [0.717, 1.165) is 74.2 Å². The molecular weight excluding hydrogens is 542 g/mol. The number of aromatic nitrogens is 3. The summed E-state index contributed by atoms with van der Waals surface area (Å²) < 4.78 is 19.2. The summed E-state index contributed by atoms with van der Waals surface area (Å²) in [5.41, 5.74) is 12.1. The van der Waals surface area contributed by atoms with Gasteiger partial charge in [0.1, 0.15) is 12.2 Å². The van der Waals surface area contributed by atoms with Gasteiger partial charge in [0.15, 0.2) is 17.3 Å². The van der Waals surface area contributed by atoms with Gasteiger partial charge in [-0.05, 0) is 96.5 Å². The molecular formula is C33H43N7O3. The second-order valence-electron chi connectivity index (χ2n) is 13.4. The van der Waals surface area contributed by atoms with Crippen molar-refractivity contribution in [1.82, 2.24) is 25.3 Å². The Labute approximate surface area is 253 Å². The maximum Gasteiger partial charge on any atom is 0.221 e. The van der Waals surface area contributed by atoms with Gasteiger partial charge in [-0.15, -0.1) is 0 Å². The topological polar surface area (TPSA) is 124 Å². The summed E-state index contributed by atoms with van der Waals surface area (Å²) in [5, 5.41) is 8.08. The Morgan fingerprint density at radius 3 is 2.74 bits per heavy atom. The minimum Gasteiger partial charge on any atom is -0.473 e. The lowest BCUT2D eigenvalue weighted by Crippen LogP contribution is -2.67. The Morgan fingerprint density at radius 2 is 2.02 bits per heavy atom. The van der Waals surface area contributed by atoms with Crippen molar-refractivity contribution < 1.29 is 14.0 Å². The number of benzene rings is 1. The summed E-state index contributed by atoms with van der Waals surface area (Å²) in [6, 6.07) is 6.32. The summed E-state index contributed by atoms with van der Waals surface area (Å²) in [6.07, 6.45) is 8.88. The highest BCUT2D eigenvalue weighted by Crippen LogP contribution is 2.54. The first-order valence-electron chi connectivity index (χ1n) is 15.7. The van der Waals surface area contributed by atoms with E-state index in [0.29, 0.717) is 29.3 Å². The van der Waals surface area contributed by atoms with Crippen LogP contribution >= 0.6 is 0 Å². The van der Waals surface area contributed by atoms with Crippen molar-refractivity contribution in [1.29, 1.82) is 0 Å². The van der Waals surface area contributed by atoms with Crippen LogP contribution in [-0.2, 0) is 18.3 Å². The van der Waals surface area contributed by atoms with E-state index in [9.17, 15) is 0 Å². The van der Waals surface area contributed by atoms with Gasteiger partial charge in [-0.2, -0.15) is 9.97 Å². The zero-order valence-corrected chi connectivity index (χ0v) is 25.9. The molecule has 0 bridgehead atoms. The number of aliphatic imine (C=N–C) groups is 1. The number of anilines is 1. The van der Waals surface area contributed by atoms with Gasteiger partial charge in [0.25, 0.3) is 0 Å². The smallest absolute Gasteiger partial charge is 0.221 e. The van der Waals surface area contributed by atoms with E-state index in [1.807, 2.05) is 18.3 Å². The fourth-order valence-electron chi connectivity index (χ4n) is 7.80. The van der Waals surface area contributed by atoms with Crippen LogP contribution in [0.2, 0.25) is 0 Å². The molecule has 0 unspecified atom stereocenters. The van der Waals surface area contributed by atoms with Gasteiger partial charge in [0.05, 0.1) is 17.0 Å². The summed E-state index contributed by atoms with van der Waals surface area (Å²) in [5.74, 6) is 2.38. The highest BCUT2D eigenvalue weighted by atomic mass is 16.5. The lowest BCUT2D eigenvalue weighted by Gasteiger charge is -2.44. The van der Waals surface area contributed by atoms with E-state index >= 15 is 0 Å². The standard InChI is InChI=1S/C33H43N7O3/c1-19(24-9-7-15-40(24)5)41-26-16-27(42-25-18-36-32(25,2)3)38-31(37-26)29-21-8-6-13-33(30(21)43-39-29)14-12-20-10-11-23(34)22(17-35-4)28(20)33/h10-11,16-17,19,24-25,36H,6-9,12-15,18,34H2,1-5H3/t19-,24-,25+,33-/m0/s1. The average Bonchev–Trinajstić information content (AvgIpc) is 3.71. The molecule has 0 amide bonds. The molecule has 4 atom stereocenters. The van der Waals surface area contributed by atoms with Crippen molar-refractivity contribution in [3.63, 3.8) is 0 Å². The molecule has 2 aromatic heterocycles. The SMILES string of the molecule is CN=Cc1c(N)ccc2c1[C@]1(CCCc3c(-c4nc(O[C@@H](C)[C@@H]5CCCN5C)cc(O[C@@H]5CNC5(C)C)n4)noc31)CC2. The van der Waals surface area contributed by atoms with Crippen molar-refractivity contribution in [3.05, 3.63) is 46.2 Å². The third-order valence-electron chi connectivity index (χ3n) is 10.3. The number of aryl methyl sites for hydroxylation is 1. The number of likely N-dealkylation sites (tertiary alicyclic amines) is 1. The Morgan fingerprint density at radius 1 is 1.19 bits per heavy atom. The Hall–Kier alpha value is -3.50. The maximum atomic E-state index is 6.50. The Balaban J connectivity index is 1.29. The van der Waals surface area contributed by atoms with Crippen molar-refractivity contribution in [3.8, 4) is 23.3 Å². The van der Waals surface area contributed by atoms with Gasteiger partial charge < -0.3 is 25.0 Å². The number of hydrogen-bond donors (Lipinski definition) is 2. The number of rotatable bonds is 7. The van der Waals surface area contributed by atoms with E-state index in [4.69, 9.17) is 29.7 Å². The number of nitrogen functional groups attached to an aromatic ring is 1. The minimum atomic E-state index is -0.295. The molecule has 3 N–H and O–H groups in total. The van der Waals surface area contributed by atoms with Gasteiger partial charge in [-0.1, -0.05) is 11.2 Å². The number of nitrogens with zero attached hydrogens (tertiary/aromatic N) is 5. The van der Waals surface area contributed by atoms with E-state index in [1.165, 1.54) is 17.5 Å². The third kappa shape index (κ3) is 4.70. The molecule has 4 heterocycles. The van der Waals surface area contributed by atoms with Gasteiger partial charge in [-0.3, -0.25) is 9.89 Å². The second kappa shape index (κ2) is 10.6. The Kier molecular flexibility index (Phi) is 6.97. The van der Waals surface area contributed by atoms with Crippen LogP contribution in [0.15, 0.2) is 27.7 Å². The highest BCUT2D eigenvalue weighted by molar-refractivity contribution is 5.91. The monoisotopic (exact) mass is 585 g/mol. The van der Waals surface area contributed by atoms with E-state index in [2.05, 4.69) is 54.3 Å². The van der Waals surface area contributed by atoms with Gasteiger partial charge in [0.2, 0.25) is 11.8 Å². The van der Waals surface area contributed by atoms with Gasteiger partial charge in [-0.25, -0.2) is 0 Å². The first-order chi connectivity index (χ1) is 20.7. The van der Waals surface area contributed by atoms with Crippen molar-refractivity contribution in [2.24, 2.45) is 4.99 Å². The highest BCUT2D eigenvalue weighted by Gasteiger charge is 2.49. The van der Waals surface area contributed by atoms with Crippen LogP contribution in [-0.4, -0.2) is 77.2 Å². The predicted octanol–water partition coefficient (Wildman–Crippen LogP) is 4.32. The Bertz CT molecular complexity index is 1570. The molecule has 3 aromatic rings. The van der Waals surface area contributed by atoms with Crippen LogP contribution in [0.5, 0.6) is 11.8 Å². The molecule has 228 valence electrons. The fraction of sp³-hybridized carbons (Fsp3) is 0.576. The van der Waals surface area contributed by atoms with Crippen molar-refractivity contribution in [2.45, 2.75) is 94.9 Å². The molecule has 1 aromatic carbocycles. The van der Waals surface area contributed by atoms with Crippen LogP contribution in [0.4, 0.5) is 5.69 Å². The summed E-state index contributed by atoms with van der Waals surface area (Å²) >= 11 is 0. The van der Waals surface area contributed by atoms with Crippen molar-refractivity contribution >= 4 is 11.9 Å². The number of likely N-dealkylation sites (N-methyl/N-ethyl adjacent to an activating group) is 1. The average molecular weight is 586 g/mol. The number of ether oxygens (including phenoxy) is 2. The molecule has 4 aliphatic rings. The summed E-state index contributed by atoms with van der Waals surface area (Å²) in [6.45, 7) is 8.24. The maximum absolute atomic E-state index is 6.50. The molecule has 0 radical (unpaired) electrons. The zero-order chi connectivity index (χ0) is 29.9. The molecule has 2 aliphatic heterocycles. The van der Waals surface area contributed by atoms with Crippen LogP contribution in [0.3, 0.4) is 0 Å². The van der Waals surface area contributed by atoms with Crippen molar-refractivity contribution in [2.75, 3.05) is 32.9 Å². The zero-order valence-electron chi connectivity index (χ0n) is 25.9. The molecule has 10 heteroatoms. The van der Waals surface area contributed by atoms with E-state index in [1.54, 1.807) is 7.05 Å². The largest absolute Gasteiger partial charge is 0.473 e. The fourth-order valence-corrected chi connectivity index (χ4v) is 7.80. The molecule has 0 saturated carbocycles. The van der Waals surface area contributed by atoms with Crippen LogP contribution in [0.1, 0.15) is 80.9 Å². The van der Waals surface area contributed by atoms with Crippen LogP contribution in [0, 0.1) is 0 Å². The lowest BCUT2D eigenvalue weighted by atomic mass is 9.68. The number of nitrogens with two attached hydrogens (primary N) is 1. The van der Waals surface area contributed by atoms with Crippen LogP contribution in [0.25, 0.3) is 11.5 Å². The molecule has 43 heavy (non-hydrogen) atoms. The normalized spacial score (nSPS) is 26.8. The van der Waals surface area contributed by atoms with E-state index < -0.39 is 0 Å². The quantitative estimate of drug-likeness (QED) is 0.308. The molecule has 10 nitrogen and oxygen atoms in total. The van der Waals surface area contributed by atoms with E-state index in [-0.39, 0.29) is 23.2 Å². The first-order valence-corrected chi connectivity index (χ1v) is 15.7. The predicted molar refractivity (Wildman–Crippen MR) is 166 cm³/mol. The number of hydrogen-bond acceptors (Lipinski definition) is 10. The molecule has 2 saturated heterocycles. The number of fused-ring (bicyclic) bond motifs is 4.